The molecule has 0 aliphatic heterocycles. The van der Waals surface area contributed by atoms with Crippen LogP contribution < -0.4 is 5.32 Å². The number of carbonyl (C=O) groups is 2. The van der Waals surface area contributed by atoms with E-state index in [-0.39, 0.29) is 6.42 Å². The molecular formula is C11H19NO3Si. The van der Waals surface area contributed by atoms with Gasteiger partial charge in [-0.15, -0.1) is 11.8 Å². The Morgan fingerprint density at radius 2 is 1.94 bits per heavy atom. The Balaban J connectivity index is 4.38. The van der Waals surface area contributed by atoms with Crippen molar-refractivity contribution in [3.63, 3.8) is 0 Å². The monoisotopic (exact) mass is 241 g/mol. The molecule has 0 aromatic heterocycles. The molecule has 90 valence electrons. The number of carbonyl (C=O) groups excluding carboxylic acids is 1. The van der Waals surface area contributed by atoms with Gasteiger partial charge in [0.2, 0.25) is 5.91 Å². The van der Waals surface area contributed by atoms with E-state index < -0.39 is 25.9 Å². The molecule has 2 N–H and O–H groups in total. The van der Waals surface area contributed by atoms with Gasteiger partial charge >= 0.3 is 5.97 Å². The first-order valence-electron chi connectivity index (χ1n) is 5.18. The molecule has 1 amide bonds. The largest absolute Gasteiger partial charge is 0.481 e. The average Bonchev–Trinajstić information content (AvgIpc) is 2.13. The summed E-state index contributed by atoms with van der Waals surface area (Å²) >= 11 is 0. The van der Waals surface area contributed by atoms with Crippen molar-refractivity contribution in [2.75, 3.05) is 6.17 Å². The highest BCUT2D eigenvalue weighted by Crippen LogP contribution is 2.04. The SMILES string of the molecule is CC#CCC(C(=O)O)C(=O)NC[Si](C)(C)C. The molecule has 0 radical (unpaired) electrons. The van der Waals surface area contributed by atoms with E-state index in [1.165, 1.54) is 0 Å². The molecule has 5 heteroatoms. The summed E-state index contributed by atoms with van der Waals surface area (Å²) in [6.07, 6.45) is 0.665. The fourth-order valence-corrected chi connectivity index (χ4v) is 1.68. The summed E-state index contributed by atoms with van der Waals surface area (Å²) in [5.74, 6) is 2.62. The minimum absolute atomic E-state index is 0.0728. The number of carboxylic acid groups (broad SMARTS) is 1. The minimum atomic E-state index is -1.39. The van der Waals surface area contributed by atoms with E-state index >= 15 is 0 Å². The van der Waals surface area contributed by atoms with Crippen LogP contribution in [0.2, 0.25) is 19.6 Å². The van der Waals surface area contributed by atoms with Crippen LogP contribution in [0.1, 0.15) is 13.3 Å². The highest BCUT2D eigenvalue weighted by Gasteiger charge is 2.26. The van der Waals surface area contributed by atoms with Gasteiger partial charge in [0.1, 0.15) is 5.92 Å². The Bertz CT molecular complexity index is 322. The molecule has 0 aromatic carbocycles. The minimum Gasteiger partial charge on any atom is -0.481 e. The van der Waals surface area contributed by atoms with Gasteiger partial charge < -0.3 is 10.4 Å². The van der Waals surface area contributed by atoms with Crippen molar-refractivity contribution in [1.82, 2.24) is 5.32 Å². The second-order valence-corrected chi connectivity index (χ2v) is 10.3. The third-order valence-electron chi connectivity index (χ3n) is 1.89. The molecule has 0 aromatic rings. The van der Waals surface area contributed by atoms with Crippen LogP contribution in [0, 0.1) is 17.8 Å². The average molecular weight is 241 g/mol. The van der Waals surface area contributed by atoms with Gasteiger partial charge in [0.15, 0.2) is 0 Å². The molecule has 0 bridgehead atoms. The number of aliphatic carboxylic acids is 1. The second-order valence-electron chi connectivity index (χ2n) is 4.80. The van der Waals surface area contributed by atoms with Crippen LogP contribution in [-0.2, 0) is 9.59 Å². The van der Waals surface area contributed by atoms with E-state index in [0.29, 0.717) is 6.17 Å². The zero-order valence-corrected chi connectivity index (χ0v) is 11.3. The highest BCUT2D eigenvalue weighted by atomic mass is 28.3. The second kappa shape index (κ2) is 6.33. The lowest BCUT2D eigenvalue weighted by Crippen LogP contribution is -2.44. The van der Waals surface area contributed by atoms with Crippen LogP contribution in [0.15, 0.2) is 0 Å². The molecule has 0 saturated carbocycles. The number of amides is 1. The molecule has 0 aliphatic rings. The fraction of sp³-hybridized carbons (Fsp3) is 0.636. The summed E-state index contributed by atoms with van der Waals surface area (Å²) in [7, 11) is -1.39. The van der Waals surface area contributed by atoms with E-state index in [9.17, 15) is 9.59 Å². The molecular weight excluding hydrogens is 222 g/mol. The van der Waals surface area contributed by atoms with Gasteiger partial charge in [-0.1, -0.05) is 19.6 Å². The van der Waals surface area contributed by atoms with Crippen LogP contribution in [0.3, 0.4) is 0 Å². The molecule has 0 rings (SSSR count). The fourth-order valence-electron chi connectivity index (χ4n) is 0.972. The highest BCUT2D eigenvalue weighted by molar-refractivity contribution is 6.76. The van der Waals surface area contributed by atoms with E-state index in [1.54, 1.807) is 6.92 Å². The summed E-state index contributed by atoms with van der Waals surface area (Å²) in [4.78, 5) is 22.5. The molecule has 0 fully saturated rings. The normalized spacial score (nSPS) is 12.2. The standard InChI is InChI=1S/C11H19NO3Si/c1-5-6-7-9(11(14)15)10(13)12-8-16(2,3)4/h9H,7-8H2,1-4H3,(H,12,13)(H,14,15). The van der Waals surface area contributed by atoms with Crippen molar-refractivity contribution in [3.05, 3.63) is 0 Å². The van der Waals surface area contributed by atoms with Gasteiger partial charge in [-0.2, -0.15) is 0 Å². The first-order valence-corrected chi connectivity index (χ1v) is 8.89. The van der Waals surface area contributed by atoms with E-state index in [0.717, 1.165) is 0 Å². The number of hydrogen-bond donors (Lipinski definition) is 2. The lowest BCUT2D eigenvalue weighted by molar-refractivity contribution is -0.146. The number of hydrogen-bond acceptors (Lipinski definition) is 2. The lowest BCUT2D eigenvalue weighted by atomic mass is 10.1. The third-order valence-corrected chi connectivity index (χ3v) is 3.13. The van der Waals surface area contributed by atoms with Crippen molar-refractivity contribution in [3.8, 4) is 11.8 Å². The number of nitrogens with one attached hydrogen (secondary N) is 1. The van der Waals surface area contributed by atoms with Crippen molar-refractivity contribution >= 4 is 20.0 Å². The Morgan fingerprint density at radius 3 is 2.31 bits per heavy atom. The lowest BCUT2D eigenvalue weighted by Gasteiger charge is -2.18. The first-order chi connectivity index (χ1) is 7.28. The Morgan fingerprint density at radius 1 is 1.38 bits per heavy atom. The summed E-state index contributed by atoms with van der Waals surface area (Å²) in [6.45, 7) is 7.94. The van der Waals surface area contributed by atoms with Gasteiger partial charge in [-0.3, -0.25) is 9.59 Å². The summed E-state index contributed by atoms with van der Waals surface area (Å²) < 4.78 is 0. The van der Waals surface area contributed by atoms with Crippen molar-refractivity contribution in [2.24, 2.45) is 5.92 Å². The smallest absolute Gasteiger partial charge is 0.317 e. The predicted octanol–water partition coefficient (Wildman–Crippen LogP) is 1.09. The van der Waals surface area contributed by atoms with E-state index in [1.807, 2.05) is 0 Å². The summed E-state index contributed by atoms with van der Waals surface area (Å²) in [5.41, 5.74) is 0. The number of rotatable bonds is 5. The van der Waals surface area contributed by atoms with E-state index in [2.05, 4.69) is 36.8 Å². The molecule has 0 heterocycles. The van der Waals surface area contributed by atoms with Crippen LogP contribution in [0.25, 0.3) is 0 Å². The molecule has 16 heavy (non-hydrogen) atoms. The quantitative estimate of drug-likeness (QED) is 0.430. The molecule has 1 atom stereocenters. The summed E-state index contributed by atoms with van der Waals surface area (Å²) in [6, 6.07) is 0. The van der Waals surface area contributed by atoms with Crippen molar-refractivity contribution < 1.29 is 14.7 Å². The van der Waals surface area contributed by atoms with Gasteiger partial charge in [0.25, 0.3) is 0 Å². The topological polar surface area (TPSA) is 66.4 Å². The Kier molecular flexibility index (Phi) is 5.82. The van der Waals surface area contributed by atoms with Gasteiger partial charge in [0.05, 0.1) is 8.07 Å². The Hall–Kier alpha value is -1.28. The summed E-state index contributed by atoms with van der Waals surface area (Å²) in [5, 5.41) is 11.6. The number of carboxylic acids is 1. The van der Waals surface area contributed by atoms with Crippen LogP contribution >= 0.6 is 0 Å². The van der Waals surface area contributed by atoms with Gasteiger partial charge in [-0.25, -0.2) is 0 Å². The zero-order chi connectivity index (χ0) is 12.8. The third kappa shape index (κ3) is 6.25. The van der Waals surface area contributed by atoms with Crippen LogP contribution in [0.5, 0.6) is 0 Å². The molecule has 4 nitrogen and oxygen atoms in total. The molecule has 0 spiro atoms. The molecule has 1 unspecified atom stereocenters. The van der Waals surface area contributed by atoms with Crippen LogP contribution in [0.4, 0.5) is 0 Å². The maximum atomic E-state index is 11.6. The van der Waals surface area contributed by atoms with Crippen molar-refractivity contribution in [1.29, 1.82) is 0 Å². The predicted molar refractivity (Wildman–Crippen MR) is 65.5 cm³/mol. The Labute approximate surface area is 97.4 Å². The molecule has 0 aliphatic carbocycles. The molecule has 0 saturated heterocycles. The van der Waals surface area contributed by atoms with Gasteiger partial charge in [-0.05, 0) is 6.92 Å². The van der Waals surface area contributed by atoms with E-state index in [4.69, 9.17) is 5.11 Å². The maximum Gasteiger partial charge on any atom is 0.317 e. The van der Waals surface area contributed by atoms with Crippen LogP contribution in [-0.4, -0.2) is 31.2 Å². The first kappa shape index (κ1) is 14.7. The van der Waals surface area contributed by atoms with Crippen molar-refractivity contribution in [2.45, 2.75) is 33.0 Å². The van der Waals surface area contributed by atoms with Gasteiger partial charge in [0, 0.05) is 12.6 Å². The maximum absolute atomic E-state index is 11.6. The zero-order valence-electron chi connectivity index (χ0n) is 10.3.